The first-order valence-electron chi connectivity index (χ1n) is 8.60. The van der Waals surface area contributed by atoms with E-state index in [2.05, 4.69) is 40.3 Å². The van der Waals surface area contributed by atoms with Gasteiger partial charge < -0.3 is 0 Å². The van der Waals surface area contributed by atoms with Crippen molar-refractivity contribution in [2.45, 2.75) is 66.2 Å². The Morgan fingerprint density at radius 2 is 1.90 bits per heavy atom. The molecule has 1 heteroatoms. The third-order valence-electron chi connectivity index (χ3n) is 6.94. The number of ketones is 1. The molecule has 4 atom stereocenters. The highest BCUT2D eigenvalue weighted by Gasteiger charge is 2.57. The van der Waals surface area contributed by atoms with Crippen LogP contribution in [0, 0.1) is 28.1 Å². The van der Waals surface area contributed by atoms with Crippen molar-refractivity contribution >= 4 is 5.78 Å². The predicted molar refractivity (Wildman–Crippen MR) is 88.0 cm³/mol. The SMILES string of the molecule is C=C[C@]1(C)CC[C@H]2C(=CC(=O)[C@H]3C(C)(C)CCC[C@]23C)C1. The van der Waals surface area contributed by atoms with E-state index in [1.165, 1.54) is 37.7 Å². The lowest BCUT2D eigenvalue weighted by atomic mass is 9.45. The van der Waals surface area contributed by atoms with E-state index in [0.717, 1.165) is 6.42 Å². The van der Waals surface area contributed by atoms with Crippen molar-refractivity contribution in [1.29, 1.82) is 0 Å². The van der Waals surface area contributed by atoms with Crippen LogP contribution >= 0.6 is 0 Å². The minimum Gasteiger partial charge on any atom is -0.295 e. The molecule has 3 aliphatic rings. The molecule has 0 bridgehead atoms. The third kappa shape index (κ3) is 2.15. The molecule has 0 aromatic rings. The summed E-state index contributed by atoms with van der Waals surface area (Å²) in [5.74, 6) is 1.25. The third-order valence-corrected chi connectivity index (χ3v) is 6.94. The minimum atomic E-state index is 0.158. The minimum absolute atomic E-state index is 0.158. The summed E-state index contributed by atoms with van der Waals surface area (Å²) in [6, 6.07) is 0. The van der Waals surface area contributed by atoms with E-state index in [0.29, 0.717) is 11.7 Å². The molecule has 0 radical (unpaired) electrons. The lowest BCUT2D eigenvalue weighted by Gasteiger charge is -2.58. The van der Waals surface area contributed by atoms with Gasteiger partial charge in [-0.05, 0) is 60.3 Å². The highest BCUT2D eigenvalue weighted by atomic mass is 16.1. The van der Waals surface area contributed by atoms with Crippen molar-refractivity contribution in [1.82, 2.24) is 0 Å². The summed E-state index contributed by atoms with van der Waals surface area (Å²) in [5, 5.41) is 0. The highest BCUT2D eigenvalue weighted by molar-refractivity contribution is 5.95. The fourth-order valence-electron chi connectivity index (χ4n) is 5.87. The first kappa shape index (κ1) is 15.1. The van der Waals surface area contributed by atoms with Crippen LogP contribution in [0.4, 0.5) is 0 Å². The van der Waals surface area contributed by atoms with Crippen molar-refractivity contribution in [2.75, 3.05) is 0 Å². The molecule has 0 N–H and O–H groups in total. The van der Waals surface area contributed by atoms with Crippen molar-refractivity contribution < 1.29 is 4.79 Å². The Kier molecular flexibility index (Phi) is 3.28. The van der Waals surface area contributed by atoms with Gasteiger partial charge in [-0.3, -0.25) is 4.79 Å². The average molecular weight is 286 g/mol. The fraction of sp³-hybridized carbons (Fsp3) is 0.750. The topological polar surface area (TPSA) is 17.1 Å². The van der Waals surface area contributed by atoms with Crippen LogP contribution in [0.2, 0.25) is 0 Å². The number of carbonyl (C=O) groups is 1. The zero-order chi connectivity index (χ0) is 15.5. The van der Waals surface area contributed by atoms with E-state index in [-0.39, 0.29) is 22.2 Å². The lowest BCUT2D eigenvalue weighted by molar-refractivity contribution is -0.137. The second-order valence-electron chi connectivity index (χ2n) is 9.03. The van der Waals surface area contributed by atoms with E-state index in [4.69, 9.17) is 0 Å². The van der Waals surface area contributed by atoms with E-state index in [1.807, 2.05) is 6.08 Å². The monoisotopic (exact) mass is 286 g/mol. The van der Waals surface area contributed by atoms with Gasteiger partial charge >= 0.3 is 0 Å². The molecule has 0 unspecified atom stereocenters. The van der Waals surface area contributed by atoms with Gasteiger partial charge in [0.25, 0.3) is 0 Å². The Balaban J connectivity index is 2.03. The van der Waals surface area contributed by atoms with Crippen LogP contribution in [-0.4, -0.2) is 5.78 Å². The first-order chi connectivity index (χ1) is 9.72. The maximum absolute atomic E-state index is 12.9. The molecule has 1 nitrogen and oxygen atoms in total. The molecule has 2 saturated carbocycles. The number of fused-ring (bicyclic) bond motifs is 3. The number of allylic oxidation sites excluding steroid dienone is 3. The summed E-state index contributed by atoms with van der Waals surface area (Å²) < 4.78 is 0. The van der Waals surface area contributed by atoms with Gasteiger partial charge in [0.05, 0.1) is 0 Å². The van der Waals surface area contributed by atoms with E-state index in [1.54, 1.807) is 0 Å². The molecule has 2 fully saturated rings. The second-order valence-corrected chi connectivity index (χ2v) is 9.03. The van der Waals surface area contributed by atoms with Crippen LogP contribution in [0.5, 0.6) is 0 Å². The molecule has 116 valence electrons. The molecule has 3 aliphatic carbocycles. The summed E-state index contributed by atoms with van der Waals surface area (Å²) in [5.41, 5.74) is 1.96. The first-order valence-corrected chi connectivity index (χ1v) is 8.60. The summed E-state index contributed by atoms with van der Waals surface area (Å²) in [7, 11) is 0. The molecule has 0 aliphatic heterocycles. The van der Waals surface area contributed by atoms with E-state index >= 15 is 0 Å². The van der Waals surface area contributed by atoms with Gasteiger partial charge in [-0.2, -0.15) is 0 Å². The molecule has 0 spiro atoms. The molecular weight excluding hydrogens is 256 g/mol. The van der Waals surface area contributed by atoms with Crippen molar-refractivity contribution in [2.24, 2.45) is 28.1 Å². The maximum atomic E-state index is 12.9. The standard InChI is InChI=1S/C20H30O/c1-6-19(4)11-8-15-14(13-19)12-16(21)17-18(2,3)9-7-10-20(15,17)5/h6,12,15,17H,1,7-11,13H2,2-5H3/t15-,17-,19+,20+/m0/s1. The average Bonchev–Trinajstić information content (AvgIpc) is 2.36. The van der Waals surface area contributed by atoms with E-state index < -0.39 is 0 Å². The summed E-state index contributed by atoms with van der Waals surface area (Å²) in [6.45, 7) is 13.3. The second kappa shape index (κ2) is 4.57. The van der Waals surface area contributed by atoms with E-state index in [9.17, 15) is 4.79 Å². The Hall–Kier alpha value is -0.850. The van der Waals surface area contributed by atoms with Crippen LogP contribution in [0.25, 0.3) is 0 Å². The van der Waals surface area contributed by atoms with Crippen molar-refractivity contribution in [3.05, 3.63) is 24.3 Å². The number of hydrogen-bond acceptors (Lipinski definition) is 1. The lowest BCUT2D eigenvalue weighted by Crippen LogP contribution is -2.53. The number of rotatable bonds is 1. The molecular formula is C20H30O. The van der Waals surface area contributed by atoms with Crippen LogP contribution in [0.15, 0.2) is 24.3 Å². The Bertz CT molecular complexity index is 512. The highest BCUT2D eigenvalue weighted by Crippen LogP contribution is 2.62. The van der Waals surface area contributed by atoms with Crippen molar-refractivity contribution in [3.8, 4) is 0 Å². The van der Waals surface area contributed by atoms with Gasteiger partial charge in [0, 0.05) is 5.92 Å². The van der Waals surface area contributed by atoms with Gasteiger partial charge in [-0.15, -0.1) is 6.58 Å². The van der Waals surface area contributed by atoms with Crippen molar-refractivity contribution in [3.63, 3.8) is 0 Å². The van der Waals surface area contributed by atoms with Gasteiger partial charge in [-0.25, -0.2) is 0 Å². The molecule has 0 heterocycles. The quantitative estimate of drug-likeness (QED) is 0.596. The summed E-state index contributed by atoms with van der Waals surface area (Å²) in [4.78, 5) is 12.9. The van der Waals surface area contributed by atoms with Crippen LogP contribution < -0.4 is 0 Å². The zero-order valence-corrected chi connectivity index (χ0v) is 14.2. The fourth-order valence-corrected chi connectivity index (χ4v) is 5.87. The molecule has 0 amide bonds. The maximum Gasteiger partial charge on any atom is 0.159 e. The van der Waals surface area contributed by atoms with Gasteiger partial charge in [0.1, 0.15) is 0 Å². The predicted octanol–water partition coefficient (Wildman–Crippen LogP) is 5.32. The zero-order valence-electron chi connectivity index (χ0n) is 14.2. The number of hydrogen-bond donors (Lipinski definition) is 0. The largest absolute Gasteiger partial charge is 0.295 e. The van der Waals surface area contributed by atoms with Crippen LogP contribution in [0.1, 0.15) is 66.2 Å². The Labute approximate surface area is 129 Å². The Morgan fingerprint density at radius 1 is 1.19 bits per heavy atom. The molecule has 0 aromatic carbocycles. The molecule has 3 rings (SSSR count). The Morgan fingerprint density at radius 3 is 2.57 bits per heavy atom. The molecule has 0 aromatic heterocycles. The molecule has 0 saturated heterocycles. The van der Waals surface area contributed by atoms with Gasteiger partial charge in [0.15, 0.2) is 5.78 Å². The van der Waals surface area contributed by atoms with Crippen LogP contribution in [0.3, 0.4) is 0 Å². The smallest absolute Gasteiger partial charge is 0.159 e. The summed E-state index contributed by atoms with van der Waals surface area (Å²) >= 11 is 0. The normalized spacial score (nSPS) is 45.3. The number of carbonyl (C=O) groups excluding carboxylic acids is 1. The summed E-state index contributed by atoms with van der Waals surface area (Å²) in [6.07, 6.45) is 11.3. The van der Waals surface area contributed by atoms with Crippen LogP contribution in [-0.2, 0) is 4.79 Å². The van der Waals surface area contributed by atoms with Gasteiger partial charge in [0.2, 0.25) is 0 Å². The molecule has 21 heavy (non-hydrogen) atoms. The van der Waals surface area contributed by atoms with Gasteiger partial charge in [-0.1, -0.05) is 45.8 Å².